The van der Waals surface area contributed by atoms with Gasteiger partial charge in [0.1, 0.15) is 6.61 Å². The average molecular weight is 184 g/mol. The van der Waals surface area contributed by atoms with Crippen molar-refractivity contribution in [1.29, 1.82) is 0 Å². The van der Waals surface area contributed by atoms with E-state index in [1.54, 1.807) is 0 Å². The second-order valence-electron chi connectivity index (χ2n) is 1.97. The molecule has 0 aliphatic carbocycles. The molecule has 2 N–H and O–H groups in total. The van der Waals surface area contributed by atoms with Gasteiger partial charge in [0.15, 0.2) is 0 Å². The number of carbonyl (C=O) groups excluding carboxylic acids is 1. The Hall–Kier alpha value is -1.20. The fraction of sp³-hybridized carbons (Fsp3) is 0.143. The van der Waals surface area contributed by atoms with Crippen LogP contribution in [0.5, 0.6) is 0 Å². The molecule has 0 aromatic carbocycles. The van der Waals surface area contributed by atoms with Crippen LogP contribution < -0.4 is 5.43 Å². The topological polar surface area (TPSA) is 61.7 Å². The molecule has 0 atom stereocenters. The lowest BCUT2D eigenvalue weighted by Crippen LogP contribution is -2.20. The SMILES string of the molecule is O=C(CO)N/N=C\c1cccs1. The van der Waals surface area contributed by atoms with E-state index in [-0.39, 0.29) is 0 Å². The van der Waals surface area contributed by atoms with Crippen LogP contribution in [0.2, 0.25) is 0 Å². The minimum atomic E-state index is -0.540. The molecule has 5 heteroatoms. The van der Waals surface area contributed by atoms with E-state index < -0.39 is 12.5 Å². The molecule has 0 aliphatic rings. The summed E-state index contributed by atoms with van der Waals surface area (Å²) in [7, 11) is 0. The molecule has 12 heavy (non-hydrogen) atoms. The Morgan fingerprint density at radius 1 is 1.83 bits per heavy atom. The summed E-state index contributed by atoms with van der Waals surface area (Å²) in [5.74, 6) is -0.511. The van der Waals surface area contributed by atoms with E-state index in [9.17, 15) is 4.79 Å². The molecule has 0 radical (unpaired) electrons. The zero-order valence-corrected chi connectivity index (χ0v) is 7.04. The van der Waals surface area contributed by atoms with Gasteiger partial charge in [-0.25, -0.2) is 5.43 Å². The van der Waals surface area contributed by atoms with Gasteiger partial charge in [-0.3, -0.25) is 4.79 Å². The van der Waals surface area contributed by atoms with Crippen LogP contribution >= 0.6 is 11.3 Å². The van der Waals surface area contributed by atoms with Crippen LogP contribution in [-0.4, -0.2) is 23.8 Å². The van der Waals surface area contributed by atoms with Crippen molar-refractivity contribution in [3.05, 3.63) is 22.4 Å². The minimum Gasteiger partial charge on any atom is -0.386 e. The summed E-state index contributed by atoms with van der Waals surface area (Å²) in [6.07, 6.45) is 1.53. The molecule has 1 rings (SSSR count). The van der Waals surface area contributed by atoms with Crippen molar-refractivity contribution in [2.45, 2.75) is 0 Å². The maximum atomic E-state index is 10.5. The van der Waals surface area contributed by atoms with Crippen LogP contribution in [0, 0.1) is 0 Å². The summed E-state index contributed by atoms with van der Waals surface area (Å²) in [4.78, 5) is 11.4. The van der Waals surface area contributed by atoms with Crippen molar-refractivity contribution >= 4 is 23.5 Å². The van der Waals surface area contributed by atoms with Gasteiger partial charge in [-0.15, -0.1) is 11.3 Å². The quantitative estimate of drug-likeness (QED) is 0.520. The fourth-order valence-corrected chi connectivity index (χ4v) is 1.15. The number of nitrogens with zero attached hydrogens (tertiary/aromatic N) is 1. The number of aliphatic hydroxyl groups excluding tert-OH is 1. The zero-order chi connectivity index (χ0) is 8.81. The highest BCUT2D eigenvalue weighted by Gasteiger charge is 1.92. The number of amides is 1. The minimum absolute atomic E-state index is 0.511. The second kappa shape index (κ2) is 4.63. The number of carbonyl (C=O) groups is 1. The maximum Gasteiger partial charge on any atom is 0.265 e. The van der Waals surface area contributed by atoms with Crippen molar-refractivity contribution in [2.75, 3.05) is 6.61 Å². The summed E-state index contributed by atoms with van der Waals surface area (Å²) < 4.78 is 0. The highest BCUT2D eigenvalue weighted by Crippen LogP contribution is 2.03. The van der Waals surface area contributed by atoms with E-state index in [1.165, 1.54) is 17.6 Å². The summed E-state index contributed by atoms with van der Waals surface area (Å²) in [5, 5.41) is 13.8. The fourth-order valence-electron chi connectivity index (χ4n) is 0.568. The Morgan fingerprint density at radius 3 is 3.25 bits per heavy atom. The molecule has 0 saturated carbocycles. The summed E-state index contributed by atoms with van der Waals surface area (Å²) in [5.41, 5.74) is 2.16. The van der Waals surface area contributed by atoms with E-state index in [4.69, 9.17) is 5.11 Å². The molecule has 1 amide bonds. The Kier molecular flexibility index (Phi) is 3.43. The molecule has 1 aromatic rings. The molecule has 64 valence electrons. The largest absolute Gasteiger partial charge is 0.386 e. The highest BCUT2D eigenvalue weighted by molar-refractivity contribution is 7.11. The lowest BCUT2D eigenvalue weighted by Gasteiger charge is -1.91. The first-order valence-electron chi connectivity index (χ1n) is 3.29. The molecule has 0 fully saturated rings. The van der Waals surface area contributed by atoms with Gasteiger partial charge in [-0.2, -0.15) is 5.10 Å². The predicted molar refractivity (Wildman–Crippen MR) is 47.1 cm³/mol. The summed E-state index contributed by atoms with van der Waals surface area (Å²) in [6.45, 7) is -0.540. The molecule has 1 heterocycles. The smallest absolute Gasteiger partial charge is 0.265 e. The van der Waals surface area contributed by atoms with E-state index in [1.807, 2.05) is 17.5 Å². The molecule has 0 spiro atoms. The van der Waals surface area contributed by atoms with E-state index >= 15 is 0 Å². The van der Waals surface area contributed by atoms with Crippen LogP contribution in [0.4, 0.5) is 0 Å². The number of thiophene rings is 1. The lowest BCUT2D eigenvalue weighted by molar-refractivity contribution is -0.123. The zero-order valence-electron chi connectivity index (χ0n) is 6.23. The lowest BCUT2D eigenvalue weighted by atomic mass is 10.5. The average Bonchev–Trinajstić information content (AvgIpc) is 2.57. The van der Waals surface area contributed by atoms with Crippen molar-refractivity contribution in [3.8, 4) is 0 Å². The van der Waals surface area contributed by atoms with Gasteiger partial charge in [0, 0.05) is 4.88 Å². The first-order chi connectivity index (χ1) is 5.83. The monoisotopic (exact) mass is 184 g/mol. The number of hydrazone groups is 1. The van der Waals surface area contributed by atoms with Crippen molar-refractivity contribution < 1.29 is 9.90 Å². The molecule has 4 nitrogen and oxygen atoms in total. The van der Waals surface area contributed by atoms with Gasteiger partial charge in [0.05, 0.1) is 6.21 Å². The Labute approximate surface area is 73.5 Å². The van der Waals surface area contributed by atoms with Gasteiger partial charge >= 0.3 is 0 Å². The second-order valence-corrected chi connectivity index (χ2v) is 2.95. The van der Waals surface area contributed by atoms with Gasteiger partial charge in [0.2, 0.25) is 0 Å². The maximum absolute atomic E-state index is 10.5. The third kappa shape index (κ3) is 2.81. The molecule has 0 unspecified atom stereocenters. The number of hydrogen-bond donors (Lipinski definition) is 2. The standard InChI is InChI=1S/C7H8N2O2S/c10-5-7(11)9-8-4-6-2-1-3-12-6/h1-4,10H,5H2,(H,9,11)/b8-4-. The Bertz CT molecular complexity index is 269. The number of nitrogens with one attached hydrogen (secondary N) is 1. The third-order valence-electron chi connectivity index (χ3n) is 1.07. The van der Waals surface area contributed by atoms with Gasteiger partial charge < -0.3 is 5.11 Å². The van der Waals surface area contributed by atoms with Crippen LogP contribution in [0.3, 0.4) is 0 Å². The molecule has 0 aliphatic heterocycles. The normalized spacial score (nSPS) is 10.4. The van der Waals surface area contributed by atoms with Crippen LogP contribution in [0.1, 0.15) is 4.88 Å². The molecular weight excluding hydrogens is 176 g/mol. The first kappa shape index (κ1) is 8.89. The molecular formula is C7H8N2O2S. The molecule has 0 saturated heterocycles. The van der Waals surface area contributed by atoms with E-state index in [0.717, 1.165) is 4.88 Å². The van der Waals surface area contributed by atoms with Crippen LogP contribution in [0.25, 0.3) is 0 Å². The van der Waals surface area contributed by atoms with Crippen LogP contribution in [0.15, 0.2) is 22.6 Å². The van der Waals surface area contributed by atoms with Crippen molar-refractivity contribution in [2.24, 2.45) is 5.10 Å². The third-order valence-corrected chi connectivity index (χ3v) is 1.87. The highest BCUT2D eigenvalue weighted by atomic mass is 32.1. The van der Waals surface area contributed by atoms with Gasteiger partial charge in [0.25, 0.3) is 5.91 Å². The summed E-state index contributed by atoms with van der Waals surface area (Å²) in [6, 6.07) is 3.76. The number of rotatable bonds is 3. The van der Waals surface area contributed by atoms with Crippen molar-refractivity contribution in [3.63, 3.8) is 0 Å². The van der Waals surface area contributed by atoms with E-state index in [0.29, 0.717) is 0 Å². The van der Waals surface area contributed by atoms with Crippen LogP contribution in [-0.2, 0) is 4.79 Å². The predicted octanol–water partition coefficient (Wildman–Crippen LogP) is 0.190. The van der Waals surface area contributed by atoms with E-state index in [2.05, 4.69) is 10.5 Å². The van der Waals surface area contributed by atoms with Gasteiger partial charge in [-0.05, 0) is 11.4 Å². The Morgan fingerprint density at radius 2 is 2.67 bits per heavy atom. The number of aliphatic hydroxyl groups is 1. The first-order valence-corrected chi connectivity index (χ1v) is 4.17. The van der Waals surface area contributed by atoms with Gasteiger partial charge in [-0.1, -0.05) is 6.07 Å². The summed E-state index contributed by atoms with van der Waals surface area (Å²) >= 11 is 1.52. The molecule has 0 bridgehead atoms. The van der Waals surface area contributed by atoms with Crippen molar-refractivity contribution in [1.82, 2.24) is 5.43 Å². The Balaban J connectivity index is 2.37. The number of hydrogen-bond acceptors (Lipinski definition) is 4. The molecule has 1 aromatic heterocycles.